The molecule has 7 nitrogen and oxygen atoms in total. The fraction of sp³-hybridized carbons (Fsp3) is 0.462. The van der Waals surface area contributed by atoms with E-state index in [0.29, 0.717) is 29.0 Å². The normalized spacial score (nSPS) is 25.3. The summed E-state index contributed by atoms with van der Waals surface area (Å²) in [5, 5.41) is 14.2. The zero-order valence-electron chi connectivity index (χ0n) is 10.8. The second-order valence-electron chi connectivity index (χ2n) is 5.49. The third-order valence-corrected chi connectivity index (χ3v) is 4.23. The number of nitro benzene ring substituents is 1. The van der Waals surface area contributed by atoms with Gasteiger partial charge in [-0.15, -0.1) is 0 Å². The maximum absolute atomic E-state index is 10.8. The molecule has 0 bridgehead atoms. The molecule has 1 aromatic heterocycles. The van der Waals surface area contributed by atoms with Crippen LogP contribution in [-0.4, -0.2) is 36.1 Å². The van der Waals surface area contributed by atoms with Gasteiger partial charge in [-0.2, -0.15) is 4.98 Å². The van der Waals surface area contributed by atoms with Crippen LogP contribution in [0.4, 0.5) is 11.7 Å². The number of rotatable bonds is 2. The lowest BCUT2D eigenvalue weighted by atomic mass is 10.0. The first-order chi connectivity index (χ1) is 9.70. The number of non-ortho nitro benzene ring substituents is 1. The van der Waals surface area contributed by atoms with Gasteiger partial charge in [-0.3, -0.25) is 10.1 Å². The molecule has 2 aliphatic heterocycles. The van der Waals surface area contributed by atoms with Crippen molar-refractivity contribution in [1.29, 1.82) is 0 Å². The summed E-state index contributed by atoms with van der Waals surface area (Å²) in [4.78, 5) is 16.9. The fourth-order valence-electron chi connectivity index (χ4n) is 3.16. The molecule has 2 aromatic rings. The molecular formula is C13H14N4O3. The number of oxazole rings is 1. The Bertz CT molecular complexity index is 671. The number of aromatic nitrogens is 1. The molecule has 104 valence electrons. The van der Waals surface area contributed by atoms with Gasteiger partial charge in [0.25, 0.3) is 11.7 Å². The van der Waals surface area contributed by atoms with Gasteiger partial charge in [0.05, 0.1) is 11.0 Å². The summed E-state index contributed by atoms with van der Waals surface area (Å²) in [5.74, 6) is 1.30. The van der Waals surface area contributed by atoms with Crippen molar-refractivity contribution in [3.05, 3.63) is 28.3 Å². The monoisotopic (exact) mass is 274 g/mol. The first-order valence-corrected chi connectivity index (χ1v) is 6.71. The maximum atomic E-state index is 10.8. The number of nitrogens with one attached hydrogen (secondary N) is 1. The zero-order chi connectivity index (χ0) is 13.7. The van der Waals surface area contributed by atoms with Crippen LogP contribution in [0.2, 0.25) is 0 Å². The van der Waals surface area contributed by atoms with Crippen molar-refractivity contribution in [1.82, 2.24) is 10.3 Å². The molecule has 4 rings (SSSR count). The number of nitro groups is 1. The average Bonchev–Trinajstić information content (AvgIpc) is 3.10. The van der Waals surface area contributed by atoms with Gasteiger partial charge in [0.1, 0.15) is 5.52 Å². The Kier molecular flexibility index (Phi) is 2.43. The quantitative estimate of drug-likeness (QED) is 0.658. The molecule has 0 spiro atoms. The van der Waals surface area contributed by atoms with Crippen molar-refractivity contribution in [2.75, 3.05) is 31.1 Å². The van der Waals surface area contributed by atoms with Crippen LogP contribution in [0.3, 0.4) is 0 Å². The number of anilines is 1. The zero-order valence-corrected chi connectivity index (χ0v) is 10.8. The highest BCUT2D eigenvalue weighted by Crippen LogP contribution is 2.32. The van der Waals surface area contributed by atoms with E-state index in [-0.39, 0.29) is 5.69 Å². The van der Waals surface area contributed by atoms with Gasteiger partial charge in [-0.05, 0) is 17.9 Å². The Morgan fingerprint density at radius 1 is 1.35 bits per heavy atom. The second-order valence-corrected chi connectivity index (χ2v) is 5.49. The summed E-state index contributed by atoms with van der Waals surface area (Å²) in [6.45, 7) is 3.97. The molecule has 2 aliphatic rings. The molecule has 2 unspecified atom stereocenters. The van der Waals surface area contributed by atoms with Crippen LogP contribution < -0.4 is 10.2 Å². The maximum Gasteiger partial charge on any atom is 0.298 e. The van der Waals surface area contributed by atoms with Gasteiger partial charge in [-0.25, -0.2) is 0 Å². The van der Waals surface area contributed by atoms with Crippen molar-refractivity contribution in [2.24, 2.45) is 11.8 Å². The minimum Gasteiger partial charge on any atom is -0.423 e. The Morgan fingerprint density at radius 2 is 2.10 bits per heavy atom. The summed E-state index contributed by atoms with van der Waals surface area (Å²) >= 11 is 0. The molecule has 1 aromatic carbocycles. The lowest BCUT2D eigenvalue weighted by Gasteiger charge is -2.13. The van der Waals surface area contributed by atoms with E-state index in [0.717, 1.165) is 26.2 Å². The Morgan fingerprint density at radius 3 is 2.80 bits per heavy atom. The largest absolute Gasteiger partial charge is 0.423 e. The van der Waals surface area contributed by atoms with Gasteiger partial charge in [0, 0.05) is 32.2 Å². The summed E-state index contributed by atoms with van der Waals surface area (Å²) < 4.78 is 5.70. The van der Waals surface area contributed by atoms with E-state index in [1.165, 1.54) is 12.1 Å². The minimum absolute atomic E-state index is 0.0303. The molecule has 20 heavy (non-hydrogen) atoms. The van der Waals surface area contributed by atoms with Crippen molar-refractivity contribution in [3.63, 3.8) is 0 Å². The van der Waals surface area contributed by atoms with Gasteiger partial charge in [0.2, 0.25) is 0 Å². The van der Waals surface area contributed by atoms with E-state index in [2.05, 4.69) is 15.2 Å². The summed E-state index contributed by atoms with van der Waals surface area (Å²) in [6, 6.07) is 5.11. The highest BCUT2D eigenvalue weighted by Gasteiger charge is 2.37. The minimum atomic E-state index is -0.423. The predicted molar refractivity (Wildman–Crippen MR) is 72.7 cm³/mol. The smallest absolute Gasteiger partial charge is 0.298 e. The predicted octanol–water partition coefficient (Wildman–Crippen LogP) is 1.39. The van der Waals surface area contributed by atoms with E-state index in [1.807, 2.05) is 0 Å². The standard InChI is InChI=1S/C13H14N4O3/c18-17(19)10-1-2-11-12(3-10)20-13(15-11)16-6-8-4-14-5-9(8)7-16/h1-3,8-9,14H,4-7H2. The van der Waals surface area contributed by atoms with Crippen LogP contribution in [-0.2, 0) is 0 Å². The van der Waals surface area contributed by atoms with Gasteiger partial charge in [-0.1, -0.05) is 0 Å². The molecular weight excluding hydrogens is 260 g/mol. The second kappa shape index (κ2) is 4.17. The van der Waals surface area contributed by atoms with Crippen molar-refractivity contribution >= 4 is 22.8 Å². The van der Waals surface area contributed by atoms with E-state index in [9.17, 15) is 10.1 Å². The van der Waals surface area contributed by atoms with E-state index in [4.69, 9.17) is 4.42 Å². The molecule has 1 N–H and O–H groups in total. The van der Waals surface area contributed by atoms with Crippen molar-refractivity contribution < 1.29 is 9.34 Å². The molecule has 2 fully saturated rings. The van der Waals surface area contributed by atoms with Crippen LogP contribution in [0.1, 0.15) is 0 Å². The lowest BCUT2D eigenvalue weighted by Crippen LogP contribution is -2.25. The number of fused-ring (bicyclic) bond motifs is 2. The number of hydrogen-bond acceptors (Lipinski definition) is 6. The Hall–Kier alpha value is -2.15. The number of nitrogens with zero attached hydrogens (tertiary/aromatic N) is 3. The highest BCUT2D eigenvalue weighted by atomic mass is 16.6. The molecule has 0 aliphatic carbocycles. The van der Waals surface area contributed by atoms with Gasteiger partial charge < -0.3 is 14.6 Å². The third kappa shape index (κ3) is 1.74. The van der Waals surface area contributed by atoms with Gasteiger partial charge in [0.15, 0.2) is 5.58 Å². The Balaban J connectivity index is 1.66. The van der Waals surface area contributed by atoms with E-state index >= 15 is 0 Å². The molecule has 0 saturated carbocycles. The number of benzene rings is 1. The lowest BCUT2D eigenvalue weighted by molar-refractivity contribution is -0.384. The molecule has 0 amide bonds. The van der Waals surface area contributed by atoms with Crippen LogP contribution in [0.15, 0.2) is 22.6 Å². The SMILES string of the molecule is O=[N+]([O-])c1ccc2nc(N3CC4CNCC4C3)oc2c1. The molecule has 3 heterocycles. The first-order valence-electron chi connectivity index (χ1n) is 6.71. The van der Waals surface area contributed by atoms with Crippen molar-refractivity contribution in [3.8, 4) is 0 Å². The van der Waals surface area contributed by atoms with Crippen LogP contribution in [0.5, 0.6) is 0 Å². The third-order valence-electron chi connectivity index (χ3n) is 4.23. The summed E-state index contributed by atoms with van der Waals surface area (Å²) in [5.41, 5.74) is 1.17. The first kappa shape index (κ1) is 11.7. The fourth-order valence-corrected chi connectivity index (χ4v) is 3.16. The summed E-state index contributed by atoms with van der Waals surface area (Å²) in [7, 11) is 0. The summed E-state index contributed by atoms with van der Waals surface area (Å²) in [6.07, 6.45) is 0. The topological polar surface area (TPSA) is 84.4 Å². The van der Waals surface area contributed by atoms with Gasteiger partial charge >= 0.3 is 0 Å². The average molecular weight is 274 g/mol. The number of hydrogen-bond donors (Lipinski definition) is 1. The van der Waals surface area contributed by atoms with Crippen LogP contribution in [0.25, 0.3) is 11.1 Å². The molecule has 7 heteroatoms. The molecule has 2 atom stereocenters. The highest BCUT2D eigenvalue weighted by molar-refractivity contribution is 5.77. The van der Waals surface area contributed by atoms with Crippen LogP contribution >= 0.6 is 0 Å². The molecule has 0 radical (unpaired) electrons. The van der Waals surface area contributed by atoms with Crippen LogP contribution in [0, 0.1) is 22.0 Å². The molecule has 2 saturated heterocycles. The Labute approximate surface area is 114 Å². The van der Waals surface area contributed by atoms with E-state index < -0.39 is 4.92 Å². The van der Waals surface area contributed by atoms with E-state index in [1.54, 1.807) is 6.07 Å². The van der Waals surface area contributed by atoms with Crippen molar-refractivity contribution in [2.45, 2.75) is 0 Å².